The van der Waals surface area contributed by atoms with E-state index in [1.54, 1.807) is 0 Å². The molecule has 226 valence electrons. The number of furan rings is 1. The molecule has 0 saturated carbocycles. The summed E-state index contributed by atoms with van der Waals surface area (Å²) in [4.78, 5) is 12.7. The standard InChI is InChI=1S/C44H29N3O/c1-5-16-30(17-6-1)38-29-39(31-18-7-2-8-19-31)46-44(45-38)36-26-15-27-41-42(36)37-28-40(34-24-13-14-25-35(34)43(37)48-41)47(32-20-9-3-10-21-32)33-22-11-4-12-23-33/h1-29H. The molecule has 7 aromatic carbocycles. The number of hydrogen-bond donors (Lipinski definition) is 0. The van der Waals surface area contributed by atoms with Crippen LogP contribution in [0.3, 0.4) is 0 Å². The number of fused-ring (bicyclic) bond motifs is 5. The number of hydrogen-bond acceptors (Lipinski definition) is 4. The first-order valence-electron chi connectivity index (χ1n) is 16.1. The van der Waals surface area contributed by atoms with Crippen molar-refractivity contribution in [3.8, 4) is 33.9 Å². The van der Waals surface area contributed by atoms with Gasteiger partial charge in [-0.05, 0) is 42.5 Å². The van der Waals surface area contributed by atoms with Crippen molar-refractivity contribution in [2.24, 2.45) is 0 Å². The number of benzene rings is 7. The van der Waals surface area contributed by atoms with E-state index in [0.717, 1.165) is 77.9 Å². The third-order valence-corrected chi connectivity index (χ3v) is 8.86. The third kappa shape index (κ3) is 4.79. The summed E-state index contributed by atoms with van der Waals surface area (Å²) in [6.45, 7) is 0. The van der Waals surface area contributed by atoms with Gasteiger partial charge < -0.3 is 9.32 Å². The van der Waals surface area contributed by atoms with Gasteiger partial charge in [0.15, 0.2) is 5.82 Å². The van der Waals surface area contributed by atoms with E-state index in [1.165, 1.54) is 0 Å². The molecule has 0 aliphatic heterocycles. The number of anilines is 3. The Bertz CT molecular complexity index is 2450. The maximum atomic E-state index is 6.73. The molecule has 0 aliphatic carbocycles. The molecule has 4 nitrogen and oxygen atoms in total. The smallest absolute Gasteiger partial charge is 0.161 e. The van der Waals surface area contributed by atoms with Crippen molar-refractivity contribution in [1.82, 2.24) is 9.97 Å². The Morgan fingerprint density at radius 2 is 0.958 bits per heavy atom. The van der Waals surface area contributed by atoms with Crippen LogP contribution in [0, 0.1) is 0 Å². The van der Waals surface area contributed by atoms with Crippen LogP contribution in [0.5, 0.6) is 0 Å². The second-order valence-electron chi connectivity index (χ2n) is 11.8. The van der Waals surface area contributed by atoms with E-state index in [9.17, 15) is 0 Å². The molecule has 9 aromatic rings. The molecule has 2 aromatic heterocycles. The molecule has 0 radical (unpaired) electrons. The molecule has 48 heavy (non-hydrogen) atoms. The molecule has 4 heteroatoms. The zero-order valence-electron chi connectivity index (χ0n) is 26.0. The Labute approximate surface area is 278 Å². The highest BCUT2D eigenvalue weighted by Crippen LogP contribution is 2.46. The van der Waals surface area contributed by atoms with Crippen LogP contribution in [0.2, 0.25) is 0 Å². The van der Waals surface area contributed by atoms with Gasteiger partial charge in [0.1, 0.15) is 11.2 Å². The second kappa shape index (κ2) is 11.7. The number of para-hydroxylation sites is 2. The van der Waals surface area contributed by atoms with Crippen molar-refractivity contribution in [3.63, 3.8) is 0 Å². The quantitative estimate of drug-likeness (QED) is 0.187. The summed E-state index contributed by atoms with van der Waals surface area (Å²) < 4.78 is 6.73. The summed E-state index contributed by atoms with van der Waals surface area (Å²) in [5, 5.41) is 4.16. The zero-order valence-corrected chi connectivity index (χ0v) is 26.0. The molecule has 2 heterocycles. The average Bonchev–Trinajstić information content (AvgIpc) is 3.55. The van der Waals surface area contributed by atoms with Gasteiger partial charge in [0, 0.05) is 49.6 Å². The van der Waals surface area contributed by atoms with Crippen LogP contribution in [0.4, 0.5) is 17.1 Å². The second-order valence-corrected chi connectivity index (χ2v) is 11.8. The van der Waals surface area contributed by atoms with Crippen LogP contribution >= 0.6 is 0 Å². The SMILES string of the molecule is c1ccc(-c2cc(-c3ccccc3)nc(-c3cccc4oc5c6ccccc6c(N(c6ccccc6)c6ccccc6)cc5c34)n2)cc1. The van der Waals surface area contributed by atoms with Gasteiger partial charge in [-0.3, -0.25) is 0 Å². The average molecular weight is 616 g/mol. The highest BCUT2D eigenvalue weighted by atomic mass is 16.3. The highest BCUT2D eigenvalue weighted by Gasteiger charge is 2.22. The van der Waals surface area contributed by atoms with Crippen LogP contribution in [0.25, 0.3) is 66.6 Å². The molecular formula is C44H29N3O. The predicted molar refractivity (Wildman–Crippen MR) is 198 cm³/mol. The molecule has 0 spiro atoms. The minimum absolute atomic E-state index is 0.654. The molecule has 0 fully saturated rings. The third-order valence-electron chi connectivity index (χ3n) is 8.86. The Kier molecular flexibility index (Phi) is 6.76. The van der Waals surface area contributed by atoms with Gasteiger partial charge in [0.25, 0.3) is 0 Å². The van der Waals surface area contributed by atoms with Gasteiger partial charge in [-0.1, -0.05) is 133 Å². The van der Waals surface area contributed by atoms with Gasteiger partial charge in [-0.2, -0.15) is 0 Å². The van der Waals surface area contributed by atoms with Gasteiger partial charge in [0.05, 0.1) is 17.1 Å². The van der Waals surface area contributed by atoms with Crippen LogP contribution in [-0.4, -0.2) is 9.97 Å². The number of aromatic nitrogens is 2. The van der Waals surface area contributed by atoms with Crippen molar-refractivity contribution >= 4 is 49.8 Å². The van der Waals surface area contributed by atoms with Crippen LogP contribution in [0.1, 0.15) is 0 Å². The molecule has 9 rings (SSSR count). The van der Waals surface area contributed by atoms with Gasteiger partial charge >= 0.3 is 0 Å². The maximum absolute atomic E-state index is 6.73. The van der Waals surface area contributed by atoms with Crippen molar-refractivity contribution in [2.45, 2.75) is 0 Å². The largest absolute Gasteiger partial charge is 0.455 e. The van der Waals surface area contributed by atoms with Gasteiger partial charge in [-0.25, -0.2) is 9.97 Å². The van der Waals surface area contributed by atoms with Crippen molar-refractivity contribution in [3.05, 3.63) is 176 Å². The Morgan fingerprint density at radius 1 is 0.438 bits per heavy atom. The van der Waals surface area contributed by atoms with Crippen molar-refractivity contribution < 1.29 is 4.42 Å². The van der Waals surface area contributed by atoms with Crippen molar-refractivity contribution in [2.75, 3.05) is 4.90 Å². The first-order valence-corrected chi connectivity index (χ1v) is 16.1. The molecule has 0 aliphatic rings. The summed E-state index contributed by atoms with van der Waals surface area (Å²) in [7, 11) is 0. The van der Waals surface area contributed by atoms with Crippen LogP contribution in [-0.2, 0) is 0 Å². The van der Waals surface area contributed by atoms with Gasteiger partial charge in [0.2, 0.25) is 0 Å². The van der Waals surface area contributed by atoms with E-state index in [2.05, 4.69) is 132 Å². The van der Waals surface area contributed by atoms with E-state index in [-0.39, 0.29) is 0 Å². The van der Waals surface area contributed by atoms with Crippen molar-refractivity contribution in [1.29, 1.82) is 0 Å². The summed E-state index contributed by atoms with van der Waals surface area (Å²) in [5.41, 5.74) is 9.61. The lowest BCUT2D eigenvalue weighted by Gasteiger charge is -2.27. The van der Waals surface area contributed by atoms with E-state index in [1.807, 2.05) is 48.5 Å². The Morgan fingerprint density at radius 3 is 1.54 bits per heavy atom. The Hall–Kier alpha value is -6.52. The highest BCUT2D eigenvalue weighted by molar-refractivity contribution is 6.22. The van der Waals surface area contributed by atoms with E-state index < -0.39 is 0 Å². The minimum Gasteiger partial charge on any atom is -0.455 e. The summed E-state index contributed by atoms with van der Waals surface area (Å²) >= 11 is 0. The summed E-state index contributed by atoms with van der Waals surface area (Å²) in [5.74, 6) is 0.654. The normalized spacial score (nSPS) is 11.3. The molecule has 0 N–H and O–H groups in total. The van der Waals surface area contributed by atoms with Crippen LogP contribution in [0.15, 0.2) is 180 Å². The first kappa shape index (κ1) is 27.8. The maximum Gasteiger partial charge on any atom is 0.161 e. The lowest BCUT2D eigenvalue weighted by atomic mass is 9.99. The topological polar surface area (TPSA) is 42.2 Å². The molecule has 0 unspecified atom stereocenters. The lowest BCUT2D eigenvalue weighted by Crippen LogP contribution is -2.10. The molecule has 0 atom stereocenters. The Balaban J connectivity index is 1.35. The summed E-state index contributed by atoms with van der Waals surface area (Å²) in [6, 6.07) is 60.7. The first-order chi connectivity index (χ1) is 23.8. The minimum atomic E-state index is 0.654. The molecular weight excluding hydrogens is 587 g/mol. The van der Waals surface area contributed by atoms with Gasteiger partial charge in [-0.15, -0.1) is 0 Å². The number of rotatable bonds is 6. The fourth-order valence-electron chi connectivity index (χ4n) is 6.66. The van der Waals surface area contributed by atoms with Crippen LogP contribution < -0.4 is 4.90 Å². The van der Waals surface area contributed by atoms with E-state index in [0.29, 0.717) is 5.82 Å². The zero-order chi connectivity index (χ0) is 31.9. The van der Waals surface area contributed by atoms with E-state index >= 15 is 0 Å². The fraction of sp³-hybridized carbons (Fsp3) is 0. The lowest BCUT2D eigenvalue weighted by molar-refractivity contribution is 0.672. The molecule has 0 amide bonds. The molecule has 0 bridgehead atoms. The fourth-order valence-corrected chi connectivity index (χ4v) is 6.66. The monoisotopic (exact) mass is 615 g/mol. The number of nitrogens with zero attached hydrogens (tertiary/aromatic N) is 3. The predicted octanol–water partition coefficient (Wildman–Crippen LogP) is 12.0. The molecule has 0 saturated heterocycles. The van der Waals surface area contributed by atoms with E-state index in [4.69, 9.17) is 14.4 Å². The summed E-state index contributed by atoms with van der Waals surface area (Å²) in [6.07, 6.45) is 0.